The Kier molecular flexibility index (Phi) is 40.1. The van der Waals surface area contributed by atoms with E-state index in [0.29, 0.717) is 0 Å². The Labute approximate surface area is 87.2 Å². The van der Waals surface area contributed by atoms with Gasteiger partial charge in [0, 0.05) is 13.2 Å². The highest BCUT2D eigenvalue weighted by molar-refractivity contribution is 4.63. The molecule has 0 heterocycles. The van der Waals surface area contributed by atoms with Gasteiger partial charge in [0.25, 0.3) is 0 Å². The molecule has 88 valence electrons. The van der Waals surface area contributed by atoms with E-state index >= 15 is 0 Å². The molecule has 0 aliphatic heterocycles. The van der Waals surface area contributed by atoms with Gasteiger partial charge in [0.15, 0.2) is 0 Å². The van der Waals surface area contributed by atoms with E-state index in [4.69, 9.17) is 14.9 Å². The number of hydrogen-bond donors (Lipinski definition) is 2. The molecule has 0 amide bonds. The van der Waals surface area contributed by atoms with Crippen molar-refractivity contribution in [2.75, 3.05) is 33.5 Å². The molecule has 0 atom stereocenters. The standard InChI is InChI=1S/C4H8O.C4H10O.C2H6O2/c1-3-4-5-2;1-3-5-4-2;3-1-2-4/h3-4H,1-2H3;3-4H2,1-2H3;3-4H,1-2H2/b4-3+;;. The first kappa shape index (κ1) is 19.1. The Bertz CT molecular complexity index is 80.2. The second-order valence-corrected chi connectivity index (χ2v) is 1.93. The van der Waals surface area contributed by atoms with Gasteiger partial charge < -0.3 is 19.7 Å². The Morgan fingerprint density at radius 1 is 1.07 bits per heavy atom. The molecular weight excluding hydrogens is 184 g/mol. The van der Waals surface area contributed by atoms with E-state index in [-0.39, 0.29) is 13.2 Å². The normalized spacial score (nSPS) is 8.43. The Morgan fingerprint density at radius 2 is 1.50 bits per heavy atom. The van der Waals surface area contributed by atoms with Gasteiger partial charge in [-0.2, -0.15) is 0 Å². The zero-order valence-electron chi connectivity index (χ0n) is 9.69. The molecule has 0 fully saturated rings. The maximum atomic E-state index is 7.62. The van der Waals surface area contributed by atoms with E-state index in [1.54, 1.807) is 13.4 Å². The van der Waals surface area contributed by atoms with Crippen LogP contribution in [0.1, 0.15) is 20.8 Å². The Morgan fingerprint density at radius 3 is 1.50 bits per heavy atom. The minimum Gasteiger partial charge on any atom is -0.505 e. The summed E-state index contributed by atoms with van der Waals surface area (Å²) in [5.74, 6) is 0. The second kappa shape index (κ2) is 29.4. The molecule has 4 nitrogen and oxygen atoms in total. The fourth-order valence-electron chi connectivity index (χ4n) is 0.340. The largest absolute Gasteiger partial charge is 0.505 e. The molecule has 0 spiro atoms. The minimum atomic E-state index is -0.125. The quantitative estimate of drug-likeness (QED) is 0.681. The van der Waals surface area contributed by atoms with Crippen LogP contribution in [0.3, 0.4) is 0 Å². The smallest absolute Gasteiger partial charge is 0.0781 e. The van der Waals surface area contributed by atoms with Crippen molar-refractivity contribution in [3.05, 3.63) is 12.3 Å². The van der Waals surface area contributed by atoms with Gasteiger partial charge in [-0.25, -0.2) is 0 Å². The first-order valence-electron chi connectivity index (χ1n) is 4.68. The third-order valence-electron chi connectivity index (χ3n) is 0.780. The van der Waals surface area contributed by atoms with Crippen LogP contribution in [-0.2, 0) is 9.47 Å². The van der Waals surface area contributed by atoms with Gasteiger partial charge in [-0.15, -0.1) is 0 Å². The van der Waals surface area contributed by atoms with Crippen LogP contribution in [-0.4, -0.2) is 43.8 Å². The van der Waals surface area contributed by atoms with Gasteiger partial charge in [-0.1, -0.05) is 6.08 Å². The van der Waals surface area contributed by atoms with Crippen LogP contribution in [0.4, 0.5) is 0 Å². The summed E-state index contributed by atoms with van der Waals surface area (Å²) in [7, 11) is 1.62. The summed E-state index contributed by atoms with van der Waals surface area (Å²) in [5.41, 5.74) is 0. The van der Waals surface area contributed by atoms with Crippen molar-refractivity contribution >= 4 is 0 Å². The van der Waals surface area contributed by atoms with E-state index in [1.807, 2.05) is 26.8 Å². The number of allylic oxidation sites excluding steroid dienone is 1. The van der Waals surface area contributed by atoms with Gasteiger partial charge >= 0.3 is 0 Å². The van der Waals surface area contributed by atoms with Crippen LogP contribution >= 0.6 is 0 Å². The third kappa shape index (κ3) is 63.5. The molecule has 4 heteroatoms. The molecule has 0 radical (unpaired) electrons. The topological polar surface area (TPSA) is 58.9 Å². The summed E-state index contributed by atoms with van der Waals surface area (Å²) in [5, 5.41) is 15.2. The monoisotopic (exact) mass is 208 g/mol. The fourth-order valence-corrected chi connectivity index (χ4v) is 0.340. The van der Waals surface area contributed by atoms with Crippen LogP contribution in [0.5, 0.6) is 0 Å². The summed E-state index contributed by atoms with van der Waals surface area (Å²) >= 11 is 0. The first-order chi connectivity index (χ1) is 6.74. The lowest BCUT2D eigenvalue weighted by Crippen LogP contribution is -1.85. The van der Waals surface area contributed by atoms with E-state index < -0.39 is 0 Å². The number of aliphatic hydroxyl groups excluding tert-OH is 2. The highest BCUT2D eigenvalue weighted by Gasteiger charge is 1.64. The lowest BCUT2D eigenvalue weighted by atomic mass is 10.7. The van der Waals surface area contributed by atoms with Crippen molar-refractivity contribution in [3.63, 3.8) is 0 Å². The van der Waals surface area contributed by atoms with Crippen LogP contribution in [0.25, 0.3) is 0 Å². The third-order valence-corrected chi connectivity index (χ3v) is 0.780. The summed E-state index contributed by atoms with van der Waals surface area (Å²) in [6.45, 7) is 7.32. The average Bonchev–Trinajstić information content (AvgIpc) is 2.22. The van der Waals surface area contributed by atoms with Crippen molar-refractivity contribution in [1.82, 2.24) is 0 Å². The SMILES string of the molecule is C/C=C/OC.CCOCC.OCCO. The van der Waals surface area contributed by atoms with E-state index in [9.17, 15) is 0 Å². The first-order valence-corrected chi connectivity index (χ1v) is 4.68. The highest BCUT2D eigenvalue weighted by atomic mass is 16.5. The molecular formula is C10H24O4. The molecule has 0 aromatic rings. The van der Waals surface area contributed by atoms with E-state index in [2.05, 4.69) is 4.74 Å². The molecule has 0 aliphatic rings. The van der Waals surface area contributed by atoms with Gasteiger partial charge in [-0.3, -0.25) is 0 Å². The van der Waals surface area contributed by atoms with Crippen LogP contribution < -0.4 is 0 Å². The lowest BCUT2D eigenvalue weighted by molar-refractivity contribution is 0.162. The summed E-state index contributed by atoms with van der Waals surface area (Å²) in [6.07, 6.45) is 3.46. The molecule has 0 aromatic carbocycles. The van der Waals surface area contributed by atoms with E-state index in [1.165, 1.54) is 0 Å². The van der Waals surface area contributed by atoms with Crippen molar-refractivity contribution in [2.24, 2.45) is 0 Å². The van der Waals surface area contributed by atoms with Crippen LogP contribution in [0.15, 0.2) is 12.3 Å². The van der Waals surface area contributed by atoms with Crippen molar-refractivity contribution in [3.8, 4) is 0 Å². The van der Waals surface area contributed by atoms with Crippen molar-refractivity contribution in [1.29, 1.82) is 0 Å². The predicted octanol–water partition coefficient (Wildman–Crippen LogP) is 1.18. The van der Waals surface area contributed by atoms with Crippen molar-refractivity contribution in [2.45, 2.75) is 20.8 Å². The average molecular weight is 208 g/mol. The van der Waals surface area contributed by atoms with Gasteiger partial charge in [0.1, 0.15) is 0 Å². The molecule has 0 saturated carbocycles. The predicted molar refractivity (Wildman–Crippen MR) is 58.2 cm³/mol. The molecule has 0 aliphatic carbocycles. The Balaban J connectivity index is -0.000000131. The maximum Gasteiger partial charge on any atom is 0.0781 e. The van der Waals surface area contributed by atoms with Crippen molar-refractivity contribution < 1.29 is 19.7 Å². The summed E-state index contributed by atoms with van der Waals surface area (Å²) in [6, 6.07) is 0. The number of methoxy groups -OCH3 is 1. The van der Waals surface area contributed by atoms with Crippen LogP contribution in [0.2, 0.25) is 0 Å². The second-order valence-electron chi connectivity index (χ2n) is 1.93. The molecule has 0 bridgehead atoms. The van der Waals surface area contributed by atoms with Gasteiger partial charge in [0.2, 0.25) is 0 Å². The molecule has 2 N–H and O–H groups in total. The Hall–Kier alpha value is -0.580. The molecule has 0 aromatic heterocycles. The zero-order valence-corrected chi connectivity index (χ0v) is 9.69. The van der Waals surface area contributed by atoms with Gasteiger partial charge in [0.05, 0.1) is 26.6 Å². The molecule has 0 unspecified atom stereocenters. The van der Waals surface area contributed by atoms with Crippen LogP contribution in [0, 0.1) is 0 Å². The number of rotatable bonds is 4. The maximum absolute atomic E-state index is 7.62. The highest BCUT2D eigenvalue weighted by Crippen LogP contribution is 1.64. The lowest BCUT2D eigenvalue weighted by Gasteiger charge is -1.86. The number of ether oxygens (including phenoxy) is 2. The van der Waals surface area contributed by atoms with E-state index in [0.717, 1.165) is 13.2 Å². The molecule has 0 rings (SSSR count). The van der Waals surface area contributed by atoms with Gasteiger partial charge in [-0.05, 0) is 20.8 Å². The molecule has 0 saturated heterocycles. The zero-order chi connectivity index (χ0) is 11.7. The minimum absolute atomic E-state index is 0.125. The molecule has 14 heavy (non-hydrogen) atoms. The summed E-state index contributed by atoms with van der Waals surface area (Å²) in [4.78, 5) is 0. The summed E-state index contributed by atoms with van der Waals surface area (Å²) < 4.78 is 9.34. The number of aliphatic hydroxyl groups is 2. The fraction of sp³-hybridized carbons (Fsp3) is 0.800. The number of hydrogen-bond acceptors (Lipinski definition) is 4.